The maximum Gasteiger partial charge on any atom is 0.223 e. The second kappa shape index (κ2) is 10.6. The maximum absolute atomic E-state index is 12.2. The van der Waals surface area contributed by atoms with Crippen molar-refractivity contribution in [2.75, 3.05) is 32.2 Å². The molecule has 1 aromatic carbocycles. The molecule has 1 aliphatic carbocycles. The highest BCUT2D eigenvalue weighted by atomic mass is 16.5. The van der Waals surface area contributed by atoms with Crippen molar-refractivity contribution in [2.24, 2.45) is 0 Å². The Labute approximate surface area is 161 Å². The standard InChI is InChI=1S/C21H30N2O4/c1-16(24)23(19-15-18(26-2)9-10-20(19)27-3)14-12-21(25)22-13-11-17-7-5-4-6-8-17/h7,9-10,15H,4-6,8,11-14H2,1-3H3,(H,22,25). The van der Waals surface area contributed by atoms with Gasteiger partial charge in [-0.05, 0) is 44.2 Å². The molecule has 0 atom stereocenters. The minimum atomic E-state index is -0.151. The van der Waals surface area contributed by atoms with Crippen molar-refractivity contribution in [2.45, 2.75) is 45.4 Å². The van der Waals surface area contributed by atoms with E-state index in [-0.39, 0.29) is 24.8 Å². The molecule has 0 saturated heterocycles. The molecule has 27 heavy (non-hydrogen) atoms. The molecule has 6 heteroatoms. The molecule has 1 aliphatic rings. The van der Waals surface area contributed by atoms with Gasteiger partial charge in [-0.15, -0.1) is 0 Å². The Balaban J connectivity index is 1.91. The number of nitrogens with one attached hydrogen (secondary N) is 1. The van der Waals surface area contributed by atoms with E-state index in [1.807, 2.05) is 0 Å². The summed E-state index contributed by atoms with van der Waals surface area (Å²) in [7, 11) is 3.12. The first kappa shape index (κ1) is 20.8. The van der Waals surface area contributed by atoms with E-state index in [1.54, 1.807) is 37.3 Å². The summed E-state index contributed by atoms with van der Waals surface area (Å²) >= 11 is 0. The van der Waals surface area contributed by atoms with Crippen LogP contribution in [0.3, 0.4) is 0 Å². The Bertz CT molecular complexity index is 685. The third-order valence-electron chi connectivity index (χ3n) is 4.77. The quantitative estimate of drug-likeness (QED) is 0.672. The Morgan fingerprint density at radius 1 is 1.19 bits per heavy atom. The molecule has 0 heterocycles. The van der Waals surface area contributed by atoms with E-state index in [0.29, 0.717) is 23.7 Å². The van der Waals surface area contributed by atoms with Gasteiger partial charge in [-0.3, -0.25) is 9.59 Å². The molecule has 0 aromatic heterocycles. The van der Waals surface area contributed by atoms with Gasteiger partial charge in [0.2, 0.25) is 11.8 Å². The lowest BCUT2D eigenvalue weighted by Gasteiger charge is -2.23. The molecule has 2 rings (SSSR count). The zero-order chi connectivity index (χ0) is 19.6. The van der Waals surface area contributed by atoms with Gasteiger partial charge in [0.15, 0.2) is 0 Å². The van der Waals surface area contributed by atoms with Gasteiger partial charge in [0, 0.05) is 32.5 Å². The van der Waals surface area contributed by atoms with Crippen LogP contribution in [0, 0.1) is 0 Å². The predicted octanol–water partition coefficient (Wildman–Crippen LogP) is 3.45. The van der Waals surface area contributed by atoms with Crippen LogP contribution in [0.4, 0.5) is 5.69 Å². The number of benzene rings is 1. The highest BCUT2D eigenvalue weighted by Crippen LogP contribution is 2.32. The predicted molar refractivity (Wildman–Crippen MR) is 106 cm³/mol. The number of carbonyl (C=O) groups is 2. The van der Waals surface area contributed by atoms with E-state index >= 15 is 0 Å². The SMILES string of the molecule is COc1ccc(OC)c(N(CCC(=O)NCCC2=CCCCC2)C(C)=O)c1. The molecule has 1 N–H and O–H groups in total. The summed E-state index contributed by atoms with van der Waals surface area (Å²) in [5.74, 6) is 0.985. The molecular weight excluding hydrogens is 344 g/mol. The first-order chi connectivity index (χ1) is 13.0. The van der Waals surface area contributed by atoms with E-state index in [9.17, 15) is 9.59 Å². The van der Waals surface area contributed by atoms with Gasteiger partial charge in [-0.1, -0.05) is 11.6 Å². The number of hydrogen-bond donors (Lipinski definition) is 1. The van der Waals surface area contributed by atoms with Gasteiger partial charge in [0.1, 0.15) is 11.5 Å². The van der Waals surface area contributed by atoms with E-state index in [1.165, 1.54) is 25.3 Å². The molecular formula is C21H30N2O4. The second-order valence-corrected chi connectivity index (χ2v) is 6.67. The van der Waals surface area contributed by atoms with Gasteiger partial charge < -0.3 is 19.7 Å². The Morgan fingerprint density at radius 2 is 2.00 bits per heavy atom. The molecule has 0 unspecified atom stereocenters. The van der Waals surface area contributed by atoms with Crippen molar-refractivity contribution < 1.29 is 19.1 Å². The number of methoxy groups -OCH3 is 2. The van der Waals surface area contributed by atoms with Crippen LogP contribution in [0.15, 0.2) is 29.8 Å². The summed E-state index contributed by atoms with van der Waals surface area (Å²) in [6.07, 6.45) is 8.25. The Hall–Kier alpha value is -2.50. The lowest BCUT2D eigenvalue weighted by atomic mass is 9.97. The molecule has 0 aliphatic heterocycles. The highest BCUT2D eigenvalue weighted by molar-refractivity contribution is 5.94. The number of carbonyl (C=O) groups excluding carboxylic acids is 2. The van der Waals surface area contributed by atoms with Gasteiger partial charge in [0.25, 0.3) is 0 Å². The van der Waals surface area contributed by atoms with Crippen LogP contribution in [0.2, 0.25) is 0 Å². The van der Waals surface area contributed by atoms with Crippen LogP contribution in [-0.2, 0) is 9.59 Å². The first-order valence-corrected chi connectivity index (χ1v) is 9.50. The summed E-state index contributed by atoms with van der Waals surface area (Å²) in [6.45, 7) is 2.41. The van der Waals surface area contributed by atoms with Gasteiger partial charge in [-0.25, -0.2) is 0 Å². The summed E-state index contributed by atoms with van der Waals surface area (Å²) in [5, 5.41) is 2.95. The molecule has 0 spiro atoms. The Kier molecular flexibility index (Phi) is 8.17. The zero-order valence-corrected chi connectivity index (χ0v) is 16.5. The van der Waals surface area contributed by atoms with Crippen molar-refractivity contribution in [1.82, 2.24) is 5.32 Å². The highest BCUT2D eigenvalue weighted by Gasteiger charge is 2.18. The lowest BCUT2D eigenvalue weighted by Crippen LogP contribution is -2.34. The number of anilines is 1. The van der Waals surface area contributed by atoms with Crippen molar-refractivity contribution >= 4 is 17.5 Å². The number of hydrogen-bond acceptors (Lipinski definition) is 4. The lowest BCUT2D eigenvalue weighted by molar-refractivity contribution is -0.121. The fourth-order valence-corrected chi connectivity index (χ4v) is 3.25. The third kappa shape index (κ3) is 6.31. The van der Waals surface area contributed by atoms with Crippen molar-refractivity contribution in [3.8, 4) is 11.5 Å². The first-order valence-electron chi connectivity index (χ1n) is 9.50. The fourth-order valence-electron chi connectivity index (χ4n) is 3.25. The van der Waals surface area contributed by atoms with Gasteiger partial charge in [-0.2, -0.15) is 0 Å². The summed E-state index contributed by atoms with van der Waals surface area (Å²) in [4.78, 5) is 25.9. The minimum absolute atomic E-state index is 0.0560. The van der Waals surface area contributed by atoms with Crippen LogP contribution in [0.25, 0.3) is 0 Å². The maximum atomic E-state index is 12.2. The van der Waals surface area contributed by atoms with Crippen LogP contribution in [0.1, 0.15) is 45.4 Å². The second-order valence-electron chi connectivity index (χ2n) is 6.67. The number of amides is 2. The molecule has 0 radical (unpaired) electrons. The minimum Gasteiger partial charge on any atom is -0.497 e. The summed E-state index contributed by atoms with van der Waals surface area (Å²) < 4.78 is 10.6. The van der Waals surface area contributed by atoms with Crippen LogP contribution in [-0.4, -0.2) is 39.1 Å². The van der Waals surface area contributed by atoms with E-state index in [4.69, 9.17) is 9.47 Å². The fraction of sp³-hybridized carbons (Fsp3) is 0.524. The van der Waals surface area contributed by atoms with Crippen LogP contribution in [0.5, 0.6) is 11.5 Å². The average molecular weight is 374 g/mol. The normalized spacial score (nSPS) is 13.5. The molecule has 1 aromatic rings. The van der Waals surface area contributed by atoms with Crippen LogP contribution < -0.4 is 19.7 Å². The third-order valence-corrected chi connectivity index (χ3v) is 4.77. The summed E-state index contributed by atoms with van der Waals surface area (Å²) in [6, 6.07) is 5.27. The molecule has 0 fully saturated rings. The molecule has 2 amide bonds. The monoisotopic (exact) mass is 374 g/mol. The largest absolute Gasteiger partial charge is 0.497 e. The van der Waals surface area contributed by atoms with E-state index in [0.717, 1.165) is 19.3 Å². The summed E-state index contributed by atoms with van der Waals surface area (Å²) in [5.41, 5.74) is 2.04. The number of ether oxygens (including phenoxy) is 2. The molecule has 0 bridgehead atoms. The average Bonchev–Trinajstić information content (AvgIpc) is 2.68. The smallest absolute Gasteiger partial charge is 0.223 e. The number of nitrogens with zero attached hydrogens (tertiary/aromatic N) is 1. The van der Waals surface area contributed by atoms with E-state index in [2.05, 4.69) is 11.4 Å². The van der Waals surface area contributed by atoms with Gasteiger partial charge >= 0.3 is 0 Å². The number of allylic oxidation sites excluding steroid dienone is 1. The molecule has 0 saturated carbocycles. The molecule has 148 valence electrons. The van der Waals surface area contributed by atoms with Crippen LogP contribution >= 0.6 is 0 Å². The van der Waals surface area contributed by atoms with Gasteiger partial charge in [0.05, 0.1) is 19.9 Å². The molecule has 6 nitrogen and oxygen atoms in total. The topological polar surface area (TPSA) is 67.9 Å². The zero-order valence-electron chi connectivity index (χ0n) is 16.5. The Morgan fingerprint density at radius 3 is 2.63 bits per heavy atom. The van der Waals surface area contributed by atoms with Crippen molar-refractivity contribution in [3.63, 3.8) is 0 Å². The van der Waals surface area contributed by atoms with Crippen molar-refractivity contribution in [1.29, 1.82) is 0 Å². The number of rotatable bonds is 9. The van der Waals surface area contributed by atoms with E-state index < -0.39 is 0 Å². The van der Waals surface area contributed by atoms with Crippen molar-refractivity contribution in [3.05, 3.63) is 29.8 Å².